The van der Waals surface area contributed by atoms with Crippen molar-refractivity contribution in [1.29, 1.82) is 0 Å². The van der Waals surface area contributed by atoms with Crippen LogP contribution in [0, 0.1) is 12.7 Å². The Bertz CT molecular complexity index is 630. The standard InChI is InChI=1S/C12H10ClFN2O2S/c1-6-10(11(17)18-2)19-12(15-6)16-9-4-3-7(13)5-8(9)14/h3-5H,1-2H3,(H,15,16). The maximum absolute atomic E-state index is 13.6. The Labute approximate surface area is 118 Å². The molecule has 0 saturated carbocycles. The summed E-state index contributed by atoms with van der Waals surface area (Å²) in [6, 6.07) is 4.27. The molecule has 100 valence electrons. The summed E-state index contributed by atoms with van der Waals surface area (Å²) in [5.74, 6) is -0.945. The van der Waals surface area contributed by atoms with E-state index in [1.54, 1.807) is 13.0 Å². The highest BCUT2D eigenvalue weighted by Crippen LogP contribution is 2.28. The summed E-state index contributed by atoms with van der Waals surface area (Å²) >= 11 is 6.77. The molecule has 2 aromatic rings. The predicted octanol–water partition coefficient (Wildman–Crippen LogP) is 3.77. The molecule has 0 fully saturated rings. The molecule has 2 rings (SSSR count). The van der Waals surface area contributed by atoms with Crippen LogP contribution in [0.5, 0.6) is 0 Å². The SMILES string of the molecule is COC(=O)c1sc(Nc2ccc(Cl)cc2F)nc1C. The number of carbonyl (C=O) groups excluding carboxylic acids is 1. The fraction of sp³-hybridized carbons (Fsp3) is 0.167. The van der Waals surface area contributed by atoms with E-state index in [9.17, 15) is 9.18 Å². The van der Waals surface area contributed by atoms with Gasteiger partial charge in [0.25, 0.3) is 0 Å². The van der Waals surface area contributed by atoms with Crippen molar-refractivity contribution in [2.45, 2.75) is 6.92 Å². The van der Waals surface area contributed by atoms with Gasteiger partial charge in [0.05, 0.1) is 18.5 Å². The van der Waals surface area contributed by atoms with Crippen molar-refractivity contribution in [2.24, 2.45) is 0 Å². The van der Waals surface area contributed by atoms with Crippen molar-refractivity contribution in [2.75, 3.05) is 12.4 Å². The van der Waals surface area contributed by atoms with Crippen molar-refractivity contribution in [3.63, 3.8) is 0 Å². The maximum Gasteiger partial charge on any atom is 0.350 e. The normalized spacial score (nSPS) is 10.3. The third kappa shape index (κ3) is 3.02. The summed E-state index contributed by atoms with van der Waals surface area (Å²) in [6.07, 6.45) is 0. The van der Waals surface area contributed by atoms with Crippen molar-refractivity contribution in [1.82, 2.24) is 4.98 Å². The maximum atomic E-state index is 13.6. The number of benzene rings is 1. The highest BCUT2D eigenvalue weighted by atomic mass is 35.5. The Morgan fingerprint density at radius 3 is 2.89 bits per heavy atom. The fourth-order valence-corrected chi connectivity index (χ4v) is 2.49. The first-order valence-corrected chi connectivity index (χ1v) is 6.48. The van der Waals surface area contributed by atoms with Gasteiger partial charge in [0.2, 0.25) is 0 Å². The van der Waals surface area contributed by atoms with Crippen LogP contribution in [0.1, 0.15) is 15.4 Å². The van der Waals surface area contributed by atoms with Gasteiger partial charge >= 0.3 is 5.97 Å². The zero-order valence-corrected chi connectivity index (χ0v) is 11.7. The Kier molecular flexibility index (Phi) is 4.01. The van der Waals surface area contributed by atoms with Gasteiger partial charge in [-0.2, -0.15) is 0 Å². The number of nitrogens with zero attached hydrogens (tertiary/aromatic N) is 1. The number of anilines is 2. The van der Waals surface area contributed by atoms with E-state index in [0.717, 1.165) is 11.3 Å². The lowest BCUT2D eigenvalue weighted by atomic mass is 10.3. The van der Waals surface area contributed by atoms with Gasteiger partial charge in [0, 0.05) is 5.02 Å². The van der Waals surface area contributed by atoms with E-state index in [2.05, 4.69) is 15.0 Å². The van der Waals surface area contributed by atoms with Crippen LogP contribution in [0.25, 0.3) is 0 Å². The molecule has 0 spiro atoms. The number of ether oxygens (including phenoxy) is 1. The Balaban J connectivity index is 2.26. The van der Waals surface area contributed by atoms with E-state index >= 15 is 0 Å². The number of hydrogen-bond acceptors (Lipinski definition) is 5. The molecule has 19 heavy (non-hydrogen) atoms. The van der Waals surface area contributed by atoms with E-state index < -0.39 is 11.8 Å². The zero-order chi connectivity index (χ0) is 14.0. The molecule has 0 aliphatic carbocycles. The predicted molar refractivity (Wildman–Crippen MR) is 72.9 cm³/mol. The van der Waals surface area contributed by atoms with Crippen LogP contribution < -0.4 is 5.32 Å². The van der Waals surface area contributed by atoms with Crippen molar-refractivity contribution < 1.29 is 13.9 Å². The number of hydrogen-bond donors (Lipinski definition) is 1. The molecule has 1 aromatic heterocycles. The summed E-state index contributed by atoms with van der Waals surface area (Å²) < 4.78 is 18.2. The van der Waals surface area contributed by atoms with Gasteiger partial charge in [-0.15, -0.1) is 0 Å². The molecule has 0 saturated heterocycles. The van der Waals surface area contributed by atoms with Gasteiger partial charge in [0.15, 0.2) is 5.13 Å². The lowest BCUT2D eigenvalue weighted by molar-refractivity contribution is 0.0605. The summed E-state index contributed by atoms with van der Waals surface area (Å²) in [6.45, 7) is 1.69. The van der Waals surface area contributed by atoms with Gasteiger partial charge in [-0.05, 0) is 25.1 Å². The van der Waals surface area contributed by atoms with Crippen LogP contribution in [0.15, 0.2) is 18.2 Å². The third-order valence-electron chi connectivity index (χ3n) is 2.34. The lowest BCUT2D eigenvalue weighted by Crippen LogP contribution is -1.99. The number of aryl methyl sites for hydroxylation is 1. The van der Waals surface area contributed by atoms with Gasteiger partial charge in [-0.3, -0.25) is 0 Å². The second-order valence-electron chi connectivity index (χ2n) is 3.67. The molecule has 4 nitrogen and oxygen atoms in total. The number of rotatable bonds is 3. The third-order valence-corrected chi connectivity index (χ3v) is 3.63. The largest absolute Gasteiger partial charge is 0.465 e. The van der Waals surface area contributed by atoms with Gasteiger partial charge < -0.3 is 10.1 Å². The minimum atomic E-state index is -0.486. The number of thiazole rings is 1. The topological polar surface area (TPSA) is 51.2 Å². The summed E-state index contributed by atoms with van der Waals surface area (Å²) in [5.41, 5.74) is 0.781. The highest BCUT2D eigenvalue weighted by molar-refractivity contribution is 7.17. The molecule has 0 radical (unpaired) electrons. The lowest BCUT2D eigenvalue weighted by Gasteiger charge is -2.03. The molecule has 0 amide bonds. The van der Waals surface area contributed by atoms with Crippen LogP contribution in [0.2, 0.25) is 5.02 Å². The zero-order valence-electron chi connectivity index (χ0n) is 10.2. The minimum absolute atomic E-state index is 0.245. The Hall–Kier alpha value is -1.66. The average molecular weight is 301 g/mol. The second kappa shape index (κ2) is 5.54. The number of esters is 1. The van der Waals surface area contributed by atoms with E-state index in [0.29, 0.717) is 20.7 Å². The molecular formula is C12H10ClFN2O2S. The molecule has 0 aliphatic rings. The Morgan fingerprint density at radius 2 is 2.26 bits per heavy atom. The van der Waals surface area contributed by atoms with E-state index in [1.165, 1.54) is 19.2 Å². The monoisotopic (exact) mass is 300 g/mol. The second-order valence-corrected chi connectivity index (χ2v) is 5.11. The van der Waals surface area contributed by atoms with Gasteiger partial charge in [-0.25, -0.2) is 14.2 Å². The van der Waals surface area contributed by atoms with E-state index in [1.807, 2.05) is 0 Å². The number of nitrogens with one attached hydrogen (secondary N) is 1. The fourth-order valence-electron chi connectivity index (χ4n) is 1.44. The van der Waals surface area contributed by atoms with Crippen LogP contribution in [0.4, 0.5) is 15.2 Å². The number of carbonyl (C=O) groups is 1. The molecule has 0 aliphatic heterocycles. The summed E-state index contributed by atoms with van der Waals surface area (Å²) in [7, 11) is 1.30. The van der Waals surface area contributed by atoms with Crippen LogP contribution in [-0.4, -0.2) is 18.1 Å². The number of halogens is 2. The van der Waals surface area contributed by atoms with Crippen LogP contribution in [-0.2, 0) is 4.74 Å². The quantitative estimate of drug-likeness (QED) is 0.877. The summed E-state index contributed by atoms with van der Waals surface area (Å²) in [5, 5.41) is 3.53. The Morgan fingerprint density at radius 1 is 1.53 bits per heavy atom. The molecule has 0 atom stereocenters. The molecule has 7 heteroatoms. The van der Waals surface area contributed by atoms with E-state index in [-0.39, 0.29) is 5.69 Å². The van der Waals surface area contributed by atoms with Gasteiger partial charge in [0.1, 0.15) is 10.7 Å². The minimum Gasteiger partial charge on any atom is -0.465 e. The molecule has 1 aromatic carbocycles. The molecule has 1 heterocycles. The molecule has 0 unspecified atom stereocenters. The molecular weight excluding hydrogens is 291 g/mol. The smallest absolute Gasteiger partial charge is 0.350 e. The van der Waals surface area contributed by atoms with Crippen LogP contribution >= 0.6 is 22.9 Å². The van der Waals surface area contributed by atoms with Gasteiger partial charge in [-0.1, -0.05) is 22.9 Å². The van der Waals surface area contributed by atoms with Crippen molar-refractivity contribution >= 4 is 39.7 Å². The first-order chi connectivity index (χ1) is 9.01. The van der Waals surface area contributed by atoms with E-state index in [4.69, 9.17) is 11.6 Å². The first-order valence-electron chi connectivity index (χ1n) is 5.29. The number of aromatic nitrogens is 1. The highest BCUT2D eigenvalue weighted by Gasteiger charge is 2.16. The van der Waals surface area contributed by atoms with Crippen molar-refractivity contribution in [3.05, 3.63) is 39.6 Å². The summed E-state index contributed by atoms with van der Waals surface area (Å²) in [4.78, 5) is 16.0. The molecule has 1 N–H and O–H groups in total. The first kappa shape index (κ1) is 13.8. The van der Waals surface area contributed by atoms with Crippen LogP contribution in [0.3, 0.4) is 0 Å². The average Bonchev–Trinajstić information content (AvgIpc) is 2.73. The number of methoxy groups -OCH3 is 1. The molecule has 0 bridgehead atoms. The van der Waals surface area contributed by atoms with Crippen molar-refractivity contribution in [3.8, 4) is 0 Å².